The maximum Gasteiger partial charge on any atom is 0.254 e. The van der Waals surface area contributed by atoms with Crippen LogP contribution in [0.2, 0.25) is 0 Å². The molecule has 0 unspecified atom stereocenters. The maximum absolute atomic E-state index is 12.2. The van der Waals surface area contributed by atoms with Crippen LogP contribution in [0.25, 0.3) is 0 Å². The first-order valence-corrected chi connectivity index (χ1v) is 8.35. The molecule has 2 heterocycles. The van der Waals surface area contributed by atoms with E-state index in [0.717, 1.165) is 0 Å². The van der Waals surface area contributed by atoms with Crippen molar-refractivity contribution >= 4 is 28.0 Å². The van der Waals surface area contributed by atoms with Gasteiger partial charge in [0.15, 0.2) is 9.84 Å². The maximum atomic E-state index is 12.2. The van der Waals surface area contributed by atoms with Crippen molar-refractivity contribution in [2.24, 2.45) is 0 Å². The van der Waals surface area contributed by atoms with E-state index in [1.165, 1.54) is 0 Å². The van der Waals surface area contributed by atoms with E-state index < -0.39 is 15.9 Å². The van der Waals surface area contributed by atoms with E-state index in [9.17, 15) is 13.2 Å². The van der Waals surface area contributed by atoms with Gasteiger partial charge in [-0.05, 0) is 23.8 Å². The smallest absolute Gasteiger partial charge is 0.254 e. The summed E-state index contributed by atoms with van der Waals surface area (Å²) >= 11 is 5.06. The molecule has 2 aromatic rings. The number of hydrogen-bond donors (Lipinski definition) is 2. The largest absolute Gasteiger partial charge is 0.352 e. The SMILES string of the molecule is O=C(N[C@@H]1CS(=O)(=O)c2ccccc21)c1ccc[nH]c1=S. The summed E-state index contributed by atoms with van der Waals surface area (Å²) in [6, 6.07) is 9.44. The summed E-state index contributed by atoms with van der Waals surface area (Å²) < 4.78 is 24.5. The van der Waals surface area contributed by atoms with Crippen LogP contribution in [0.15, 0.2) is 47.5 Å². The van der Waals surface area contributed by atoms with Gasteiger partial charge in [0.2, 0.25) is 0 Å². The van der Waals surface area contributed by atoms with Gasteiger partial charge in [0.05, 0.1) is 22.3 Å². The Labute approximate surface area is 126 Å². The third-order valence-electron chi connectivity index (χ3n) is 3.38. The first kappa shape index (κ1) is 14.0. The second-order valence-corrected chi connectivity index (χ2v) is 7.17. The first-order chi connectivity index (χ1) is 9.99. The fourth-order valence-electron chi connectivity index (χ4n) is 2.41. The number of sulfone groups is 1. The van der Waals surface area contributed by atoms with Gasteiger partial charge < -0.3 is 10.3 Å². The van der Waals surface area contributed by atoms with Crippen molar-refractivity contribution in [3.63, 3.8) is 0 Å². The third kappa shape index (κ3) is 2.50. The van der Waals surface area contributed by atoms with E-state index >= 15 is 0 Å². The summed E-state index contributed by atoms with van der Waals surface area (Å²) in [5, 5.41) is 2.74. The molecule has 5 nitrogen and oxygen atoms in total. The van der Waals surface area contributed by atoms with Crippen molar-refractivity contribution in [3.05, 3.63) is 58.4 Å². The number of pyridine rings is 1. The molecule has 1 aromatic heterocycles. The van der Waals surface area contributed by atoms with E-state index in [-0.39, 0.29) is 16.6 Å². The fourth-order valence-corrected chi connectivity index (χ4v) is 4.37. The highest BCUT2D eigenvalue weighted by molar-refractivity contribution is 7.91. The Bertz CT molecular complexity index is 872. The lowest BCUT2D eigenvalue weighted by Crippen LogP contribution is -2.29. The van der Waals surface area contributed by atoms with Crippen LogP contribution in [0.5, 0.6) is 0 Å². The predicted molar refractivity (Wildman–Crippen MR) is 80.3 cm³/mol. The Balaban J connectivity index is 1.93. The van der Waals surface area contributed by atoms with Gasteiger partial charge in [0.1, 0.15) is 4.64 Å². The molecule has 7 heteroatoms. The van der Waals surface area contributed by atoms with Crippen LogP contribution in [-0.4, -0.2) is 25.1 Å². The summed E-state index contributed by atoms with van der Waals surface area (Å²) in [4.78, 5) is 15.3. The number of amides is 1. The Morgan fingerprint density at radius 3 is 2.76 bits per heavy atom. The van der Waals surface area contributed by atoms with Gasteiger partial charge >= 0.3 is 0 Å². The number of fused-ring (bicyclic) bond motifs is 1. The topological polar surface area (TPSA) is 79.0 Å². The van der Waals surface area contributed by atoms with Crippen LogP contribution in [-0.2, 0) is 9.84 Å². The monoisotopic (exact) mass is 320 g/mol. The normalized spacial score (nSPS) is 19.0. The number of carbonyl (C=O) groups excluding carboxylic acids is 1. The Kier molecular flexibility index (Phi) is 3.38. The fraction of sp³-hybridized carbons (Fsp3) is 0.143. The molecule has 0 fully saturated rings. The average molecular weight is 320 g/mol. The molecule has 3 rings (SSSR count). The number of aromatic amines is 1. The van der Waals surface area contributed by atoms with Crippen LogP contribution in [0.1, 0.15) is 22.0 Å². The molecule has 0 spiro atoms. The van der Waals surface area contributed by atoms with E-state index in [4.69, 9.17) is 12.2 Å². The number of rotatable bonds is 2. The Hall–Kier alpha value is -1.99. The van der Waals surface area contributed by atoms with Crippen LogP contribution < -0.4 is 5.32 Å². The van der Waals surface area contributed by atoms with E-state index in [1.807, 2.05) is 0 Å². The zero-order valence-corrected chi connectivity index (χ0v) is 12.5. The van der Waals surface area contributed by atoms with Gasteiger partial charge in [-0.2, -0.15) is 0 Å². The lowest BCUT2D eigenvalue weighted by molar-refractivity contribution is 0.0940. The van der Waals surface area contributed by atoms with Gasteiger partial charge in [-0.1, -0.05) is 30.4 Å². The zero-order valence-electron chi connectivity index (χ0n) is 10.9. The predicted octanol–water partition coefficient (Wildman–Crippen LogP) is 2.00. The summed E-state index contributed by atoms with van der Waals surface area (Å²) in [5.74, 6) is -0.504. The van der Waals surface area contributed by atoms with Crippen LogP contribution in [0.4, 0.5) is 0 Å². The lowest BCUT2D eigenvalue weighted by atomic mass is 10.1. The van der Waals surface area contributed by atoms with Crippen LogP contribution >= 0.6 is 12.2 Å². The number of hydrogen-bond acceptors (Lipinski definition) is 4. The molecular formula is C14H12N2O3S2. The minimum absolute atomic E-state index is 0.124. The van der Waals surface area contributed by atoms with Crippen molar-refractivity contribution < 1.29 is 13.2 Å². The minimum atomic E-state index is -3.34. The first-order valence-electron chi connectivity index (χ1n) is 6.29. The number of H-pyrrole nitrogens is 1. The van der Waals surface area contributed by atoms with Gasteiger partial charge in [0.25, 0.3) is 5.91 Å². The highest BCUT2D eigenvalue weighted by atomic mass is 32.2. The molecule has 0 saturated carbocycles. The molecule has 21 heavy (non-hydrogen) atoms. The van der Waals surface area contributed by atoms with Crippen molar-refractivity contribution in [2.45, 2.75) is 10.9 Å². The Morgan fingerprint density at radius 1 is 1.24 bits per heavy atom. The number of aromatic nitrogens is 1. The molecule has 1 aromatic carbocycles. The van der Waals surface area contributed by atoms with E-state index in [2.05, 4.69) is 10.3 Å². The van der Waals surface area contributed by atoms with Gasteiger partial charge in [-0.25, -0.2) is 8.42 Å². The average Bonchev–Trinajstić information content (AvgIpc) is 2.71. The zero-order chi connectivity index (χ0) is 15.0. The summed E-state index contributed by atoms with van der Waals surface area (Å²) in [7, 11) is -3.34. The molecule has 1 atom stereocenters. The summed E-state index contributed by atoms with van der Waals surface area (Å²) in [6.45, 7) is 0. The Morgan fingerprint density at radius 2 is 2.00 bits per heavy atom. The molecule has 1 aliphatic heterocycles. The van der Waals surface area contributed by atoms with Crippen LogP contribution in [0, 0.1) is 4.64 Å². The number of nitrogens with one attached hydrogen (secondary N) is 2. The van der Waals surface area contributed by atoms with Crippen molar-refractivity contribution in [1.82, 2.24) is 10.3 Å². The quantitative estimate of drug-likeness (QED) is 0.830. The lowest BCUT2D eigenvalue weighted by Gasteiger charge is -2.12. The van der Waals surface area contributed by atoms with Crippen molar-refractivity contribution in [3.8, 4) is 0 Å². The van der Waals surface area contributed by atoms with Crippen LogP contribution in [0.3, 0.4) is 0 Å². The van der Waals surface area contributed by atoms with Gasteiger partial charge in [-0.3, -0.25) is 4.79 Å². The molecular weight excluding hydrogens is 308 g/mol. The minimum Gasteiger partial charge on any atom is -0.352 e. The molecule has 108 valence electrons. The second kappa shape index (κ2) is 5.09. The highest BCUT2D eigenvalue weighted by Crippen LogP contribution is 2.33. The number of benzene rings is 1. The van der Waals surface area contributed by atoms with Gasteiger partial charge in [-0.15, -0.1) is 0 Å². The molecule has 0 bridgehead atoms. The molecule has 1 aliphatic rings. The summed E-state index contributed by atoms with van der Waals surface area (Å²) in [5.41, 5.74) is 0.950. The molecule has 0 aliphatic carbocycles. The molecule has 0 saturated heterocycles. The van der Waals surface area contributed by atoms with Gasteiger partial charge in [0, 0.05) is 6.20 Å². The second-order valence-electron chi connectivity index (χ2n) is 4.76. The van der Waals surface area contributed by atoms with E-state index in [0.29, 0.717) is 15.8 Å². The van der Waals surface area contributed by atoms with Crippen molar-refractivity contribution in [2.75, 3.05) is 5.75 Å². The summed E-state index contributed by atoms with van der Waals surface area (Å²) in [6.07, 6.45) is 1.63. The standard InChI is InChI=1S/C14H12N2O3S2/c17-13(10-5-3-7-15-14(10)20)16-11-8-21(18,19)12-6-2-1-4-9(11)12/h1-7,11H,8H2,(H,15,20)(H,16,17)/t11-/m1/s1. The molecule has 2 N–H and O–H groups in total. The third-order valence-corrected chi connectivity index (χ3v) is 5.54. The molecule has 0 radical (unpaired) electrons. The molecule has 1 amide bonds. The highest BCUT2D eigenvalue weighted by Gasteiger charge is 2.35. The number of carbonyl (C=O) groups is 1. The van der Waals surface area contributed by atoms with E-state index in [1.54, 1.807) is 42.6 Å². The van der Waals surface area contributed by atoms with Crippen molar-refractivity contribution in [1.29, 1.82) is 0 Å².